The van der Waals surface area contributed by atoms with Crippen molar-refractivity contribution in [2.24, 2.45) is 0 Å². The zero-order chi connectivity index (χ0) is 17.8. The molecule has 10 heteroatoms. The number of sulfonamides is 1. The molecule has 23 heavy (non-hydrogen) atoms. The molecular formula is C13H18N2O7S. The Balaban J connectivity index is 3.34. The molecule has 9 nitrogen and oxygen atoms in total. The predicted octanol–water partition coefficient (Wildman–Crippen LogP) is 1.32. The Hall–Kier alpha value is -2.36. The van der Waals surface area contributed by atoms with Crippen molar-refractivity contribution < 1.29 is 27.6 Å². The van der Waals surface area contributed by atoms with E-state index in [2.05, 4.69) is 0 Å². The van der Waals surface area contributed by atoms with E-state index in [0.29, 0.717) is 4.31 Å². The quantitative estimate of drug-likeness (QED) is 0.415. The largest absolute Gasteiger partial charge is 0.495 e. The molecule has 0 atom stereocenters. The summed E-state index contributed by atoms with van der Waals surface area (Å²) in [5.41, 5.74) is -0.434. The predicted molar refractivity (Wildman–Crippen MR) is 83.1 cm³/mol. The Morgan fingerprint density at radius 3 is 2.43 bits per heavy atom. The minimum absolute atomic E-state index is 0.0818. The molecule has 1 rings (SSSR count). The fourth-order valence-electron chi connectivity index (χ4n) is 1.79. The monoisotopic (exact) mass is 346 g/mol. The molecule has 0 saturated heterocycles. The molecule has 0 aliphatic carbocycles. The number of rotatable bonds is 7. The van der Waals surface area contributed by atoms with Gasteiger partial charge < -0.3 is 9.47 Å². The van der Waals surface area contributed by atoms with Crippen molar-refractivity contribution in [1.82, 2.24) is 0 Å². The molecule has 0 bridgehead atoms. The summed E-state index contributed by atoms with van der Waals surface area (Å²) < 4.78 is 34.7. The number of benzene rings is 1. The molecule has 1 aromatic rings. The number of carbonyl (C=O) groups excluding carboxylic acids is 1. The van der Waals surface area contributed by atoms with Crippen LogP contribution in [0, 0.1) is 10.1 Å². The first-order chi connectivity index (χ1) is 10.6. The number of nitro groups is 1. The van der Waals surface area contributed by atoms with Crippen LogP contribution in [-0.4, -0.2) is 45.3 Å². The summed E-state index contributed by atoms with van der Waals surface area (Å²) >= 11 is 0. The maximum Gasteiger partial charge on any atom is 0.327 e. The average molecular weight is 346 g/mol. The van der Waals surface area contributed by atoms with Gasteiger partial charge in [0.05, 0.1) is 24.4 Å². The van der Waals surface area contributed by atoms with E-state index in [1.165, 1.54) is 19.2 Å². The Morgan fingerprint density at radius 2 is 2.00 bits per heavy atom. The van der Waals surface area contributed by atoms with Gasteiger partial charge in [0.2, 0.25) is 10.0 Å². The maximum absolute atomic E-state index is 12.0. The number of ether oxygens (including phenoxy) is 2. The molecule has 1 aromatic carbocycles. The van der Waals surface area contributed by atoms with Crippen molar-refractivity contribution in [1.29, 1.82) is 0 Å². The lowest BCUT2D eigenvalue weighted by Gasteiger charge is -2.23. The molecule has 0 aromatic heterocycles. The van der Waals surface area contributed by atoms with Gasteiger partial charge >= 0.3 is 5.97 Å². The summed E-state index contributed by atoms with van der Waals surface area (Å²) in [6.45, 7) is 2.63. The molecule has 128 valence electrons. The van der Waals surface area contributed by atoms with Crippen LogP contribution in [0.5, 0.6) is 5.75 Å². The smallest absolute Gasteiger partial charge is 0.327 e. The number of esters is 1. The van der Waals surface area contributed by atoms with Crippen LogP contribution in [0.4, 0.5) is 11.4 Å². The zero-order valence-corrected chi connectivity index (χ0v) is 14.0. The molecule has 0 spiro atoms. The van der Waals surface area contributed by atoms with E-state index in [1.54, 1.807) is 13.8 Å². The van der Waals surface area contributed by atoms with Crippen LogP contribution in [0.15, 0.2) is 18.2 Å². The molecule has 0 N–H and O–H groups in total. The van der Waals surface area contributed by atoms with Gasteiger partial charge in [-0.05, 0) is 19.9 Å². The number of carbonyl (C=O) groups is 1. The Morgan fingerprint density at radius 1 is 1.39 bits per heavy atom. The fourth-order valence-corrected chi connectivity index (χ4v) is 2.63. The highest BCUT2D eigenvalue weighted by Crippen LogP contribution is 2.33. The molecule has 0 aliphatic heterocycles. The average Bonchev–Trinajstić information content (AvgIpc) is 2.42. The highest BCUT2D eigenvalue weighted by atomic mass is 32.2. The van der Waals surface area contributed by atoms with Crippen LogP contribution in [-0.2, 0) is 19.6 Å². The van der Waals surface area contributed by atoms with Gasteiger partial charge in [-0.1, -0.05) is 0 Å². The molecule has 0 radical (unpaired) electrons. The van der Waals surface area contributed by atoms with Crippen molar-refractivity contribution in [3.8, 4) is 5.75 Å². The van der Waals surface area contributed by atoms with Gasteiger partial charge in [0.15, 0.2) is 0 Å². The second-order valence-electron chi connectivity index (χ2n) is 4.92. The third-order valence-electron chi connectivity index (χ3n) is 2.68. The van der Waals surface area contributed by atoms with E-state index >= 15 is 0 Å². The highest BCUT2D eigenvalue weighted by molar-refractivity contribution is 7.92. The van der Waals surface area contributed by atoms with Crippen LogP contribution in [0.3, 0.4) is 0 Å². The second kappa shape index (κ2) is 7.27. The molecule has 0 amide bonds. The minimum Gasteiger partial charge on any atom is -0.495 e. The van der Waals surface area contributed by atoms with Crippen LogP contribution in [0.2, 0.25) is 0 Å². The lowest BCUT2D eigenvalue weighted by molar-refractivity contribution is -0.384. The van der Waals surface area contributed by atoms with E-state index in [-0.39, 0.29) is 17.1 Å². The van der Waals surface area contributed by atoms with Crippen molar-refractivity contribution in [2.75, 3.05) is 24.2 Å². The van der Waals surface area contributed by atoms with Gasteiger partial charge in [-0.2, -0.15) is 0 Å². The van der Waals surface area contributed by atoms with Gasteiger partial charge in [-0.25, -0.2) is 8.42 Å². The molecule has 0 fully saturated rings. The lowest BCUT2D eigenvalue weighted by atomic mass is 10.2. The molecule has 0 unspecified atom stereocenters. The molecule has 0 heterocycles. The Labute approximate surface area is 134 Å². The number of nitrogens with zero attached hydrogens (tertiary/aromatic N) is 2. The van der Waals surface area contributed by atoms with Crippen LogP contribution >= 0.6 is 0 Å². The molecule has 0 saturated carbocycles. The van der Waals surface area contributed by atoms with Crippen molar-refractivity contribution >= 4 is 27.4 Å². The van der Waals surface area contributed by atoms with E-state index in [4.69, 9.17) is 9.47 Å². The van der Waals surface area contributed by atoms with Crippen LogP contribution in [0.1, 0.15) is 13.8 Å². The number of hydrogen-bond donors (Lipinski definition) is 0. The minimum atomic E-state index is -3.89. The SMILES string of the molecule is COc1ccc([N+](=O)[O-])cc1N(CC(=O)OC(C)C)S(C)(=O)=O. The summed E-state index contributed by atoms with van der Waals surface area (Å²) in [7, 11) is -2.60. The fraction of sp³-hybridized carbons (Fsp3) is 0.462. The van der Waals surface area contributed by atoms with Gasteiger partial charge in [0, 0.05) is 12.1 Å². The van der Waals surface area contributed by atoms with Gasteiger partial charge in [-0.3, -0.25) is 19.2 Å². The summed E-state index contributed by atoms with van der Waals surface area (Å²) in [6.07, 6.45) is 0.462. The molecule has 0 aliphatic rings. The van der Waals surface area contributed by atoms with Gasteiger partial charge in [0.1, 0.15) is 18.0 Å². The highest BCUT2D eigenvalue weighted by Gasteiger charge is 2.27. The summed E-state index contributed by atoms with van der Waals surface area (Å²) in [5, 5.41) is 10.9. The van der Waals surface area contributed by atoms with E-state index in [0.717, 1.165) is 12.3 Å². The van der Waals surface area contributed by atoms with E-state index in [9.17, 15) is 23.3 Å². The standard InChI is InChI=1S/C13H18N2O7S/c1-9(2)22-13(16)8-14(23(4,19)20)11-7-10(15(17)18)5-6-12(11)21-3/h5-7,9H,8H2,1-4H3. The number of non-ortho nitro benzene ring substituents is 1. The zero-order valence-electron chi connectivity index (χ0n) is 13.2. The Bertz CT molecular complexity index is 700. The maximum atomic E-state index is 12.0. The van der Waals surface area contributed by atoms with Crippen LogP contribution in [0.25, 0.3) is 0 Å². The second-order valence-corrected chi connectivity index (χ2v) is 6.83. The first kappa shape index (κ1) is 18.7. The molecular weight excluding hydrogens is 328 g/mol. The Kier molecular flexibility index (Phi) is 5.91. The first-order valence-electron chi connectivity index (χ1n) is 6.56. The van der Waals surface area contributed by atoms with Gasteiger partial charge in [-0.15, -0.1) is 0 Å². The van der Waals surface area contributed by atoms with Crippen LogP contribution < -0.4 is 9.04 Å². The van der Waals surface area contributed by atoms with E-state index in [1.807, 2.05) is 0 Å². The van der Waals surface area contributed by atoms with E-state index < -0.39 is 33.6 Å². The summed E-state index contributed by atoms with van der Waals surface area (Å²) in [4.78, 5) is 22.0. The normalized spacial score (nSPS) is 11.2. The summed E-state index contributed by atoms with van der Waals surface area (Å²) in [5.74, 6) is -0.697. The third kappa shape index (κ3) is 5.09. The van der Waals surface area contributed by atoms with Crippen molar-refractivity contribution in [3.63, 3.8) is 0 Å². The van der Waals surface area contributed by atoms with Crippen molar-refractivity contribution in [2.45, 2.75) is 20.0 Å². The van der Waals surface area contributed by atoms with Gasteiger partial charge in [0.25, 0.3) is 5.69 Å². The summed E-state index contributed by atoms with van der Waals surface area (Å²) in [6, 6.07) is 3.47. The van der Waals surface area contributed by atoms with Crippen molar-refractivity contribution in [3.05, 3.63) is 28.3 Å². The topological polar surface area (TPSA) is 116 Å². The number of hydrogen-bond acceptors (Lipinski definition) is 7. The number of nitro benzene ring substituents is 1. The number of anilines is 1. The number of methoxy groups -OCH3 is 1. The third-order valence-corrected chi connectivity index (χ3v) is 3.81. The first-order valence-corrected chi connectivity index (χ1v) is 8.40. The lowest BCUT2D eigenvalue weighted by Crippen LogP contribution is -2.36.